The summed E-state index contributed by atoms with van der Waals surface area (Å²) in [6.45, 7) is 4.35. The number of primary amides is 1. The standard InChI is InChI=1S/C26H23F3N2O2/c1-2-22(32)31-9-7-16-15(13-31)4-3-5-17(16)24-21(27)11-19(25(30)33)18-10-14-6-8-26(28,29)12-20(14)23(18)24/h2-5,11H,1,6-10,12-13H2,(H2,30,33). The van der Waals surface area contributed by atoms with Crippen molar-refractivity contribution >= 4 is 17.4 Å². The SMILES string of the molecule is C=CC(=O)N1CCc2c(cccc2-c2c(F)cc(C(N)=O)c3c2C2=C(CCC(F)(F)C2)C3)C1. The Kier molecular flexibility index (Phi) is 4.96. The predicted octanol–water partition coefficient (Wildman–Crippen LogP) is 4.79. The molecule has 1 heterocycles. The second-order valence-corrected chi connectivity index (χ2v) is 8.95. The second-order valence-electron chi connectivity index (χ2n) is 8.95. The number of hydrogen-bond donors (Lipinski definition) is 1. The third kappa shape index (κ3) is 3.46. The maximum atomic E-state index is 15.6. The summed E-state index contributed by atoms with van der Waals surface area (Å²) in [5, 5.41) is 0. The molecule has 2 aromatic carbocycles. The van der Waals surface area contributed by atoms with Gasteiger partial charge in [0.05, 0.1) is 0 Å². The van der Waals surface area contributed by atoms with E-state index in [0.29, 0.717) is 48.2 Å². The smallest absolute Gasteiger partial charge is 0.252 e. The Morgan fingerprint density at radius 2 is 1.94 bits per heavy atom. The summed E-state index contributed by atoms with van der Waals surface area (Å²) in [5.41, 5.74) is 10.4. The van der Waals surface area contributed by atoms with Gasteiger partial charge in [0.1, 0.15) is 5.82 Å². The molecular formula is C26H23F3N2O2. The van der Waals surface area contributed by atoms with Crippen molar-refractivity contribution in [1.29, 1.82) is 0 Å². The fourth-order valence-corrected chi connectivity index (χ4v) is 5.48. The van der Waals surface area contributed by atoms with E-state index < -0.39 is 24.1 Å². The number of fused-ring (bicyclic) bond motifs is 3. The van der Waals surface area contributed by atoms with Crippen LogP contribution in [-0.2, 0) is 24.2 Å². The van der Waals surface area contributed by atoms with Gasteiger partial charge in [0.2, 0.25) is 11.8 Å². The van der Waals surface area contributed by atoms with Gasteiger partial charge < -0.3 is 10.6 Å². The largest absolute Gasteiger partial charge is 0.366 e. The molecule has 3 aliphatic rings. The molecule has 2 aliphatic carbocycles. The fourth-order valence-electron chi connectivity index (χ4n) is 5.48. The van der Waals surface area contributed by atoms with E-state index in [1.807, 2.05) is 6.07 Å². The minimum Gasteiger partial charge on any atom is -0.366 e. The highest BCUT2D eigenvalue weighted by atomic mass is 19.3. The van der Waals surface area contributed by atoms with Crippen LogP contribution in [0.15, 0.2) is 42.5 Å². The summed E-state index contributed by atoms with van der Waals surface area (Å²) < 4.78 is 44.4. The first kappa shape index (κ1) is 21.5. The van der Waals surface area contributed by atoms with Crippen LogP contribution in [0.4, 0.5) is 13.2 Å². The number of amides is 2. The Morgan fingerprint density at radius 1 is 1.15 bits per heavy atom. The van der Waals surface area contributed by atoms with Gasteiger partial charge in [0, 0.05) is 37.1 Å². The molecule has 0 radical (unpaired) electrons. The molecule has 0 saturated carbocycles. The third-order valence-corrected chi connectivity index (χ3v) is 7.02. The molecule has 2 aromatic rings. The van der Waals surface area contributed by atoms with Crippen LogP contribution in [0.3, 0.4) is 0 Å². The number of nitrogens with zero attached hydrogens (tertiary/aromatic N) is 1. The van der Waals surface area contributed by atoms with E-state index in [2.05, 4.69) is 6.58 Å². The molecule has 0 aromatic heterocycles. The highest BCUT2D eigenvalue weighted by Crippen LogP contribution is 2.52. The Bertz CT molecular complexity index is 1260. The number of carbonyl (C=O) groups excluding carboxylic acids is 2. The Labute approximate surface area is 189 Å². The van der Waals surface area contributed by atoms with Crippen LogP contribution in [0, 0.1) is 5.82 Å². The van der Waals surface area contributed by atoms with Gasteiger partial charge in [0.25, 0.3) is 5.92 Å². The molecule has 0 atom stereocenters. The predicted molar refractivity (Wildman–Crippen MR) is 119 cm³/mol. The van der Waals surface area contributed by atoms with Crippen molar-refractivity contribution in [2.24, 2.45) is 5.73 Å². The number of benzene rings is 2. The number of alkyl halides is 2. The van der Waals surface area contributed by atoms with Crippen LogP contribution < -0.4 is 5.73 Å². The lowest BCUT2D eigenvalue weighted by atomic mass is 9.82. The molecule has 0 fully saturated rings. The number of allylic oxidation sites excluding steroid dienone is 2. The third-order valence-electron chi connectivity index (χ3n) is 7.02. The zero-order valence-corrected chi connectivity index (χ0v) is 18.0. The van der Waals surface area contributed by atoms with Crippen LogP contribution in [0.25, 0.3) is 16.7 Å². The molecule has 2 amide bonds. The van der Waals surface area contributed by atoms with E-state index in [-0.39, 0.29) is 29.9 Å². The van der Waals surface area contributed by atoms with Gasteiger partial charge >= 0.3 is 0 Å². The highest BCUT2D eigenvalue weighted by molar-refractivity contribution is 6.00. The molecule has 5 rings (SSSR count). The van der Waals surface area contributed by atoms with Crippen LogP contribution in [0.2, 0.25) is 0 Å². The highest BCUT2D eigenvalue weighted by Gasteiger charge is 2.41. The minimum atomic E-state index is -2.88. The second kappa shape index (κ2) is 7.61. The molecule has 33 heavy (non-hydrogen) atoms. The number of rotatable bonds is 3. The number of hydrogen-bond acceptors (Lipinski definition) is 2. The normalized spacial score (nSPS) is 18.5. The zero-order valence-electron chi connectivity index (χ0n) is 18.0. The van der Waals surface area contributed by atoms with E-state index >= 15 is 4.39 Å². The van der Waals surface area contributed by atoms with Crippen molar-refractivity contribution in [3.8, 4) is 11.1 Å². The van der Waals surface area contributed by atoms with E-state index in [1.165, 1.54) is 6.08 Å². The molecule has 0 spiro atoms. The Hall–Kier alpha value is -3.35. The minimum absolute atomic E-state index is 0.0523. The maximum Gasteiger partial charge on any atom is 0.252 e. The summed E-state index contributed by atoms with van der Waals surface area (Å²) in [6, 6.07) is 6.59. The van der Waals surface area contributed by atoms with Gasteiger partial charge in [-0.2, -0.15) is 0 Å². The lowest BCUT2D eigenvalue weighted by Gasteiger charge is -2.30. The number of nitrogens with two attached hydrogens (primary N) is 1. The molecule has 1 aliphatic heterocycles. The van der Waals surface area contributed by atoms with Crippen LogP contribution in [-0.4, -0.2) is 29.2 Å². The number of carbonyl (C=O) groups is 2. The average molecular weight is 452 g/mol. The van der Waals surface area contributed by atoms with Crippen LogP contribution in [0.1, 0.15) is 51.9 Å². The summed E-state index contributed by atoms with van der Waals surface area (Å²) in [4.78, 5) is 25.8. The maximum absolute atomic E-state index is 15.6. The van der Waals surface area contributed by atoms with Crippen molar-refractivity contribution in [1.82, 2.24) is 4.90 Å². The van der Waals surface area contributed by atoms with Crippen LogP contribution in [0.5, 0.6) is 0 Å². The Morgan fingerprint density at radius 3 is 2.67 bits per heavy atom. The van der Waals surface area contributed by atoms with Gasteiger partial charge in [0.15, 0.2) is 0 Å². The van der Waals surface area contributed by atoms with Crippen molar-refractivity contribution in [2.75, 3.05) is 6.54 Å². The van der Waals surface area contributed by atoms with Crippen LogP contribution >= 0.6 is 0 Å². The van der Waals surface area contributed by atoms with Crippen molar-refractivity contribution < 1.29 is 22.8 Å². The lowest BCUT2D eigenvalue weighted by molar-refractivity contribution is -0.126. The van der Waals surface area contributed by atoms with Gasteiger partial charge in [-0.1, -0.05) is 30.4 Å². The first-order valence-corrected chi connectivity index (χ1v) is 11.0. The molecule has 0 bridgehead atoms. The van der Waals surface area contributed by atoms with E-state index in [0.717, 1.165) is 22.8 Å². The molecule has 2 N–H and O–H groups in total. The van der Waals surface area contributed by atoms with E-state index in [4.69, 9.17) is 5.73 Å². The molecular weight excluding hydrogens is 429 g/mol. The topological polar surface area (TPSA) is 63.4 Å². The monoisotopic (exact) mass is 452 g/mol. The molecule has 0 saturated heterocycles. The van der Waals surface area contributed by atoms with Gasteiger partial charge in [-0.05, 0) is 64.8 Å². The molecule has 170 valence electrons. The summed E-state index contributed by atoms with van der Waals surface area (Å²) >= 11 is 0. The quantitative estimate of drug-likeness (QED) is 0.681. The zero-order chi connectivity index (χ0) is 23.5. The van der Waals surface area contributed by atoms with E-state index in [9.17, 15) is 18.4 Å². The lowest BCUT2D eigenvalue weighted by Crippen LogP contribution is -2.35. The summed E-state index contributed by atoms with van der Waals surface area (Å²) in [5.74, 6) is -4.47. The molecule has 7 heteroatoms. The Balaban J connectivity index is 1.71. The van der Waals surface area contributed by atoms with Gasteiger partial charge in [-0.15, -0.1) is 0 Å². The molecule has 0 unspecified atom stereocenters. The van der Waals surface area contributed by atoms with Gasteiger partial charge in [-0.25, -0.2) is 13.2 Å². The van der Waals surface area contributed by atoms with Crippen molar-refractivity contribution in [3.05, 3.63) is 76.1 Å². The summed E-state index contributed by atoms with van der Waals surface area (Å²) in [6.07, 6.45) is 1.59. The summed E-state index contributed by atoms with van der Waals surface area (Å²) in [7, 11) is 0. The average Bonchev–Trinajstić information content (AvgIpc) is 3.14. The first-order valence-electron chi connectivity index (χ1n) is 11.0. The van der Waals surface area contributed by atoms with Gasteiger partial charge in [-0.3, -0.25) is 9.59 Å². The van der Waals surface area contributed by atoms with E-state index in [1.54, 1.807) is 17.0 Å². The molecule has 4 nitrogen and oxygen atoms in total. The van der Waals surface area contributed by atoms with Crippen molar-refractivity contribution in [2.45, 2.75) is 44.6 Å². The fraction of sp³-hybridized carbons (Fsp3) is 0.308. The first-order chi connectivity index (χ1) is 15.7. The van der Waals surface area contributed by atoms with Crippen molar-refractivity contribution in [3.63, 3.8) is 0 Å². The number of halogens is 3.